The zero-order chi connectivity index (χ0) is 17.6. The third-order valence-electron chi connectivity index (χ3n) is 3.42. The summed E-state index contributed by atoms with van der Waals surface area (Å²) in [7, 11) is 0. The van der Waals surface area contributed by atoms with Gasteiger partial charge in [-0.1, -0.05) is 29.8 Å². The number of nitrogens with one attached hydrogen (secondary N) is 2. The molecule has 0 aliphatic rings. The Labute approximate surface area is 148 Å². The van der Waals surface area contributed by atoms with Crippen molar-refractivity contribution >= 4 is 28.9 Å². The van der Waals surface area contributed by atoms with Crippen molar-refractivity contribution in [2.45, 2.75) is 13.1 Å². The summed E-state index contributed by atoms with van der Waals surface area (Å²) < 4.78 is 5.20. The molecule has 2 N–H and O–H groups in total. The molecule has 128 valence electrons. The molecule has 3 aromatic rings. The Morgan fingerprint density at radius 1 is 1.08 bits per heavy atom. The predicted octanol–water partition coefficient (Wildman–Crippen LogP) is 3.86. The molecule has 2 heterocycles. The van der Waals surface area contributed by atoms with Crippen molar-refractivity contribution in [2.75, 3.05) is 10.6 Å². The normalized spacial score (nSPS) is 10.4. The van der Waals surface area contributed by atoms with E-state index in [0.717, 1.165) is 5.56 Å². The minimum atomic E-state index is -0.528. The van der Waals surface area contributed by atoms with E-state index in [-0.39, 0.29) is 23.9 Å². The summed E-state index contributed by atoms with van der Waals surface area (Å²) in [4.78, 5) is 18.9. The maximum Gasteiger partial charge on any atom is 0.353 e. The lowest BCUT2D eigenvalue weighted by atomic mass is 10.2. The second kappa shape index (κ2) is 7.63. The number of benzene rings is 1. The van der Waals surface area contributed by atoms with Crippen molar-refractivity contribution in [3.05, 3.63) is 75.4 Å². The second-order valence-corrected chi connectivity index (χ2v) is 5.46. The number of rotatable bonds is 7. The van der Waals surface area contributed by atoms with Crippen LogP contribution in [-0.4, -0.2) is 14.9 Å². The molecule has 3 rings (SSSR count). The van der Waals surface area contributed by atoms with E-state index in [9.17, 15) is 10.1 Å². The van der Waals surface area contributed by atoms with Crippen LogP contribution in [-0.2, 0) is 13.1 Å². The average Bonchev–Trinajstić information content (AvgIpc) is 3.12. The number of furan rings is 1. The van der Waals surface area contributed by atoms with Gasteiger partial charge >= 0.3 is 5.69 Å². The minimum Gasteiger partial charge on any atom is -0.467 e. The fourth-order valence-electron chi connectivity index (χ4n) is 2.22. The van der Waals surface area contributed by atoms with Crippen LogP contribution in [0.4, 0.5) is 17.3 Å². The SMILES string of the molecule is O=[N+]([O-])c1c(NCc2ccco2)ncnc1NCc1ccccc1Cl. The first kappa shape index (κ1) is 16.7. The highest BCUT2D eigenvalue weighted by molar-refractivity contribution is 6.31. The first-order valence-electron chi connectivity index (χ1n) is 7.38. The van der Waals surface area contributed by atoms with Gasteiger partial charge in [0.2, 0.25) is 11.6 Å². The number of nitro groups is 1. The first-order chi connectivity index (χ1) is 12.1. The summed E-state index contributed by atoms with van der Waals surface area (Å²) in [6, 6.07) is 10.7. The summed E-state index contributed by atoms with van der Waals surface area (Å²) in [6.07, 6.45) is 2.79. The Bertz CT molecular complexity index is 870. The molecule has 0 radical (unpaired) electrons. The quantitative estimate of drug-likeness (QED) is 0.487. The average molecular weight is 360 g/mol. The van der Waals surface area contributed by atoms with E-state index in [0.29, 0.717) is 17.3 Å². The zero-order valence-electron chi connectivity index (χ0n) is 13.0. The number of hydrogen-bond acceptors (Lipinski definition) is 7. The summed E-state index contributed by atoms with van der Waals surface area (Å²) in [5.41, 5.74) is 0.572. The smallest absolute Gasteiger partial charge is 0.353 e. The molecule has 25 heavy (non-hydrogen) atoms. The molecule has 8 nitrogen and oxygen atoms in total. The minimum absolute atomic E-state index is 0.109. The van der Waals surface area contributed by atoms with E-state index < -0.39 is 4.92 Å². The summed E-state index contributed by atoms with van der Waals surface area (Å²) in [5.74, 6) is 0.860. The lowest BCUT2D eigenvalue weighted by Crippen LogP contribution is -2.10. The van der Waals surface area contributed by atoms with Gasteiger partial charge < -0.3 is 15.1 Å². The van der Waals surface area contributed by atoms with Crippen LogP contribution in [0.5, 0.6) is 0 Å². The van der Waals surface area contributed by atoms with E-state index in [1.807, 2.05) is 18.2 Å². The van der Waals surface area contributed by atoms with Crippen LogP contribution in [0, 0.1) is 10.1 Å². The summed E-state index contributed by atoms with van der Waals surface area (Å²) in [6.45, 7) is 0.573. The molecule has 0 aliphatic carbocycles. The van der Waals surface area contributed by atoms with Crippen LogP contribution in [0.1, 0.15) is 11.3 Å². The van der Waals surface area contributed by atoms with E-state index >= 15 is 0 Å². The van der Waals surface area contributed by atoms with Crippen molar-refractivity contribution in [2.24, 2.45) is 0 Å². The van der Waals surface area contributed by atoms with E-state index in [1.54, 1.807) is 18.2 Å². The first-order valence-corrected chi connectivity index (χ1v) is 7.76. The van der Waals surface area contributed by atoms with Crippen LogP contribution in [0.3, 0.4) is 0 Å². The molecule has 0 atom stereocenters. The van der Waals surface area contributed by atoms with Crippen molar-refractivity contribution in [3.8, 4) is 0 Å². The van der Waals surface area contributed by atoms with E-state index in [2.05, 4.69) is 20.6 Å². The largest absolute Gasteiger partial charge is 0.467 e. The van der Waals surface area contributed by atoms with Crippen molar-refractivity contribution in [3.63, 3.8) is 0 Å². The molecule has 0 unspecified atom stereocenters. The molecule has 0 amide bonds. The van der Waals surface area contributed by atoms with E-state index in [4.69, 9.17) is 16.0 Å². The highest BCUT2D eigenvalue weighted by Crippen LogP contribution is 2.30. The van der Waals surface area contributed by atoms with Crippen LogP contribution < -0.4 is 10.6 Å². The van der Waals surface area contributed by atoms with Gasteiger partial charge in [0.25, 0.3) is 0 Å². The number of aromatic nitrogens is 2. The highest BCUT2D eigenvalue weighted by Gasteiger charge is 2.23. The maximum absolute atomic E-state index is 11.5. The lowest BCUT2D eigenvalue weighted by molar-refractivity contribution is -0.383. The number of anilines is 2. The standard InChI is InChI=1S/C16H14ClN5O3/c17-13-6-2-1-4-11(13)8-18-15-14(22(23)24)16(21-10-20-15)19-9-12-5-3-7-25-12/h1-7,10H,8-9H2,(H2,18,19,20,21). The highest BCUT2D eigenvalue weighted by atomic mass is 35.5. The maximum atomic E-state index is 11.5. The molecule has 0 aliphatic heterocycles. The lowest BCUT2D eigenvalue weighted by Gasteiger charge is -2.10. The van der Waals surface area contributed by atoms with Gasteiger partial charge in [0.05, 0.1) is 17.7 Å². The van der Waals surface area contributed by atoms with Crippen LogP contribution in [0.2, 0.25) is 5.02 Å². The van der Waals surface area contributed by atoms with Gasteiger partial charge in [-0.15, -0.1) is 0 Å². The molecule has 0 fully saturated rings. The Kier molecular flexibility index (Phi) is 5.10. The third kappa shape index (κ3) is 4.04. The number of halogens is 1. The van der Waals surface area contributed by atoms with Gasteiger partial charge in [-0.3, -0.25) is 10.1 Å². The topological polar surface area (TPSA) is 106 Å². The summed E-state index contributed by atoms with van der Waals surface area (Å²) in [5, 5.41) is 17.9. The van der Waals surface area contributed by atoms with Gasteiger partial charge in [0, 0.05) is 11.6 Å². The van der Waals surface area contributed by atoms with E-state index in [1.165, 1.54) is 12.6 Å². The van der Waals surface area contributed by atoms with Crippen molar-refractivity contribution in [1.29, 1.82) is 0 Å². The molecule has 0 saturated carbocycles. The number of nitrogens with zero attached hydrogens (tertiary/aromatic N) is 3. The second-order valence-electron chi connectivity index (χ2n) is 5.05. The molecule has 1 aromatic carbocycles. The Morgan fingerprint density at radius 2 is 1.80 bits per heavy atom. The molecule has 2 aromatic heterocycles. The Hall–Kier alpha value is -3.13. The Balaban J connectivity index is 1.80. The van der Waals surface area contributed by atoms with Crippen LogP contribution in [0.25, 0.3) is 0 Å². The van der Waals surface area contributed by atoms with Gasteiger partial charge in [-0.25, -0.2) is 9.97 Å². The van der Waals surface area contributed by atoms with Gasteiger partial charge in [-0.05, 0) is 23.8 Å². The van der Waals surface area contributed by atoms with Gasteiger partial charge in [0.15, 0.2) is 0 Å². The Morgan fingerprint density at radius 3 is 2.44 bits per heavy atom. The van der Waals surface area contributed by atoms with Gasteiger partial charge in [0.1, 0.15) is 12.1 Å². The van der Waals surface area contributed by atoms with Gasteiger partial charge in [-0.2, -0.15) is 0 Å². The molecular weight excluding hydrogens is 346 g/mol. The summed E-state index contributed by atoms with van der Waals surface area (Å²) >= 11 is 6.10. The third-order valence-corrected chi connectivity index (χ3v) is 3.79. The molecular formula is C16H14ClN5O3. The van der Waals surface area contributed by atoms with Crippen LogP contribution in [0.15, 0.2) is 53.4 Å². The molecule has 0 saturated heterocycles. The predicted molar refractivity (Wildman–Crippen MR) is 93.5 cm³/mol. The fraction of sp³-hybridized carbons (Fsp3) is 0.125. The molecule has 0 bridgehead atoms. The zero-order valence-corrected chi connectivity index (χ0v) is 13.7. The molecule has 0 spiro atoms. The van der Waals surface area contributed by atoms with Crippen molar-refractivity contribution < 1.29 is 9.34 Å². The monoisotopic (exact) mass is 359 g/mol. The van der Waals surface area contributed by atoms with Crippen LogP contribution >= 0.6 is 11.6 Å². The molecule has 9 heteroatoms. The van der Waals surface area contributed by atoms with Crippen molar-refractivity contribution in [1.82, 2.24) is 9.97 Å². The fourth-order valence-corrected chi connectivity index (χ4v) is 2.42. The number of hydrogen-bond donors (Lipinski definition) is 2.